The van der Waals surface area contributed by atoms with Gasteiger partial charge in [-0.3, -0.25) is 10.1 Å². The molecule has 0 radical (unpaired) electrons. The van der Waals surface area contributed by atoms with Gasteiger partial charge < -0.3 is 4.74 Å². The van der Waals surface area contributed by atoms with Crippen molar-refractivity contribution in [1.82, 2.24) is 5.32 Å². The van der Waals surface area contributed by atoms with E-state index in [1.54, 1.807) is 0 Å². The smallest absolute Gasteiger partial charge is 0.326 e. The highest BCUT2D eigenvalue weighted by Crippen LogP contribution is 2.51. The second-order valence-electron chi connectivity index (χ2n) is 6.18. The lowest BCUT2D eigenvalue weighted by atomic mass is 9.66. The Kier molecular flexibility index (Phi) is 4.67. The van der Waals surface area contributed by atoms with Gasteiger partial charge in [-0.1, -0.05) is 18.9 Å². The molecule has 19 heavy (non-hydrogen) atoms. The zero-order valence-electron chi connectivity index (χ0n) is 12.2. The van der Waals surface area contributed by atoms with E-state index in [0.29, 0.717) is 18.6 Å². The van der Waals surface area contributed by atoms with E-state index in [2.05, 4.69) is 11.9 Å². The molecule has 0 atom stereocenters. The van der Waals surface area contributed by atoms with Gasteiger partial charge in [-0.2, -0.15) is 0 Å². The van der Waals surface area contributed by atoms with Gasteiger partial charge in [-0.05, 0) is 50.9 Å². The first-order valence-electron chi connectivity index (χ1n) is 7.70. The van der Waals surface area contributed by atoms with Gasteiger partial charge in [0.25, 0.3) is 0 Å². The Morgan fingerprint density at radius 3 is 2.37 bits per heavy atom. The molecule has 0 amide bonds. The zero-order chi connectivity index (χ0) is 13.8. The van der Waals surface area contributed by atoms with Crippen LogP contribution in [0.15, 0.2) is 12.7 Å². The highest BCUT2D eigenvalue weighted by Gasteiger charge is 2.48. The fourth-order valence-electron chi connectivity index (χ4n) is 3.82. The molecule has 0 unspecified atom stereocenters. The third kappa shape index (κ3) is 3.02. The van der Waals surface area contributed by atoms with E-state index < -0.39 is 5.54 Å². The highest BCUT2D eigenvalue weighted by atomic mass is 16.5. The summed E-state index contributed by atoms with van der Waals surface area (Å²) in [6, 6.07) is 0. The molecule has 2 fully saturated rings. The molecular formula is C16H27NO2. The molecular weight excluding hydrogens is 238 g/mol. The minimum absolute atomic E-state index is 0.0651. The minimum Gasteiger partial charge on any atom is -0.465 e. The Bertz CT molecular complexity index is 322. The minimum atomic E-state index is -0.460. The maximum atomic E-state index is 12.3. The average Bonchev–Trinajstić information content (AvgIpc) is 2.88. The van der Waals surface area contributed by atoms with Gasteiger partial charge in [0.15, 0.2) is 0 Å². The first-order chi connectivity index (χ1) is 9.16. The maximum absolute atomic E-state index is 12.3. The van der Waals surface area contributed by atoms with Crippen molar-refractivity contribution >= 4 is 5.97 Å². The van der Waals surface area contributed by atoms with E-state index in [0.717, 1.165) is 25.7 Å². The van der Waals surface area contributed by atoms with Crippen molar-refractivity contribution < 1.29 is 9.53 Å². The topological polar surface area (TPSA) is 38.3 Å². The van der Waals surface area contributed by atoms with Crippen LogP contribution in [0.4, 0.5) is 0 Å². The van der Waals surface area contributed by atoms with Crippen molar-refractivity contribution in [3.05, 3.63) is 12.7 Å². The van der Waals surface area contributed by atoms with Gasteiger partial charge in [0.2, 0.25) is 0 Å². The SMILES string of the molecule is C=CCNC1(C(=O)OCC)CCC2(CCCC2)CC1. The average molecular weight is 265 g/mol. The maximum Gasteiger partial charge on any atom is 0.326 e. The van der Waals surface area contributed by atoms with Crippen LogP contribution in [0.1, 0.15) is 58.3 Å². The largest absolute Gasteiger partial charge is 0.465 e. The summed E-state index contributed by atoms with van der Waals surface area (Å²) in [6.45, 7) is 6.75. The van der Waals surface area contributed by atoms with E-state index in [9.17, 15) is 4.79 Å². The molecule has 2 aliphatic carbocycles. The highest BCUT2D eigenvalue weighted by molar-refractivity contribution is 5.81. The first-order valence-corrected chi connectivity index (χ1v) is 7.70. The van der Waals surface area contributed by atoms with Crippen LogP contribution in [0.3, 0.4) is 0 Å². The van der Waals surface area contributed by atoms with Gasteiger partial charge in [0.05, 0.1) is 6.61 Å². The quantitative estimate of drug-likeness (QED) is 0.613. The number of hydrogen-bond acceptors (Lipinski definition) is 3. The van der Waals surface area contributed by atoms with Gasteiger partial charge in [-0.25, -0.2) is 0 Å². The van der Waals surface area contributed by atoms with Gasteiger partial charge >= 0.3 is 5.97 Å². The standard InChI is InChI=1S/C16H27NO2/c1-3-13-17-16(14(18)19-4-2)11-9-15(10-12-16)7-5-6-8-15/h3,17H,1,4-13H2,2H3. The summed E-state index contributed by atoms with van der Waals surface area (Å²) in [4.78, 5) is 12.3. The summed E-state index contributed by atoms with van der Waals surface area (Å²) in [5.41, 5.74) is 0.0733. The molecule has 0 saturated heterocycles. The lowest BCUT2D eigenvalue weighted by Crippen LogP contribution is -2.56. The Morgan fingerprint density at radius 2 is 1.84 bits per heavy atom. The van der Waals surface area contributed by atoms with Crippen molar-refractivity contribution in [3.8, 4) is 0 Å². The Morgan fingerprint density at radius 1 is 1.21 bits per heavy atom. The second-order valence-corrected chi connectivity index (χ2v) is 6.18. The molecule has 0 aromatic heterocycles. The Hall–Kier alpha value is -0.830. The summed E-state index contributed by atoms with van der Waals surface area (Å²) in [6.07, 6.45) is 11.4. The van der Waals surface area contributed by atoms with Crippen molar-refractivity contribution in [2.75, 3.05) is 13.2 Å². The van der Waals surface area contributed by atoms with Crippen LogP contribution >= 0.6 is 0 Å². The molecule has 0 aromatic carbocycles. The van der Waals surface area contributed by atoms with Crippen molar-refractivity contribution in [3.63, 3.8) is 0 Å². The molecule has 3 nitrogen and oxygen atoms in total. The van der Waals surface area contributed by atoms with E-state index >= 15 is 0 Å². The second kappa shape index (κ2) is 6.08. The van der Waals surface area contributed by atoms with Crippen LogP contribution in [-0.4, -0.2) is 24.7 Å². The van der Waals surface area contributed by atoms with Crippen molar-refractivity contribution in [2.45, 2.75) is 63.8 Å². The Labute approximate surface area is 116 Å². The third-order valence-corrected chi connectivity index (χ3v) is 5.08. The molecule has 0 bridgehead atoms. The number of carbonyl (C=O) groups is 1. The summed E-state index contributed by atoms with van der Waals surface area (Å²) >= 11 is 0. The lowest BCUT2D eigenvalue weighted by molar-refractivity contribution is -0.154. The van der Waals surface area contributed by atoms with Crippen LogP contribution in [0.5, 0.6) is 0 Å². The lowest BCUT2D eigenvalue weighted by Gasteiger charge is -2.43. The third-order valence-electron chi connectivity index (χ3n) is 5.08. The summed E-state index contributed by atoms with van der Waals surface area (Å²) in [5, 5.41) is 3.38. The predicted octanol–water partition coefficient (Wildman–Crippen LogP) is 3.20. The van der Waals surface area contributed by atoms with E-state index in [1.807, 2.05) is 13.0 Å². The van der Waals surface area contributed by atoms with Crippen molar-refractivity contribution in [2.24, 2.45) is 5.41 Å². The molecule has 108 valence electrons. The molecule has 2 saturated carbocycles. The fraction of sp³-hybridized carbons (Fsp3) is 0.812. The number of nitrogens with one attached hydrogen (secondary N) is 1. The number of hydrogen-bond donors (Lipinski definition) is 1. The first kappa shape index (κ1) is 14.6. The van der Waals surface area contributed by atoms with E-state index in [4.69, 9.17) is 4.74 Å². The summed E-state index contributed by atoms with van der Waals surface area (Å²) < 4.78 is 5.30. The van der Waals surface area contributed by atoms with Crippen LogP contribution in [0, 0.1) is 5.41 Å². The van der Waals surface area contributed by atoms with E-state index in [-0.39, 0.29) is 5.97 Å². The van der Waals surface area contributed by atoms with Gasteiger partial charge in [0, 0.05) is 6.54 Å². The number of esters is 1. The number of carbonyl (C=O) groups excluding carboxylic acids is 1. The predicted molar refractivity (Wildman–Crippen MR) is 76.9 cm³/mol. The molecule has 1 N–H and O–H groups in total. The molecule has 2 rings (SSSR count). The molecule has 0 aromatic rings. The van der Waals surface area contributed by atoms with Crippen LogP contribution in [-0.2, 0) is 9.53 Å². The van der Waals surface area contributed by atoms with Crippen LogP contribution in [0.25, 0.3) is 0 Å². The van der Waals surface area contributed by atoms with E-state index in [1.165, 1.54) is 25.7 Å². The fourth-order valence-corrected chi connectivity index (χ4v) is 3.82. The summed E-state index contributed by atoms with van der Waals surface area (Å²) in [7, 11) is 0. The molecule has 0 aliphatic heterocycles. The number of ether oxygens (including phenoxy) is 1. The molecule has 0 heterocycles. The van der Waals surface area contributed by atoms with Crippen LogP contribution in [0.2, 0.25) is 0 Å². The van der Waals surface area contributed by atoms with Crippen LogP contribution < -0.4 is 5.32 Å². The van der Waals surface area contributed by atoms with Gasteiger partial charge in [0.1, 0.15) is 5.54 Å². The van der Waals surface area contributed by atoms with Crippen molar-refractivity contribution in [1.29, 1.82) is 0 Å². The summed E-state index contributed by atoms with van der Waals surface area (Å²) in [5.74, 6) is -0.0651. The number of rotatable bonds is 5. The molecule has 1 spiro atoms. The Balaban J connectivity index is 2.03. The zero-order valence-corrected chi connectivity index (χ0v) is 12.2. The normalized spacial score (nSPS) is 24.3. The molecule has 3 heteroatoms. The monoisotopic (exact) mass is 265 g/mol. The molecule has 2 aliphatic rings. The van der Waals surface area contributed by atoms with Gasteiger partial charge in [-0.15, -0.1) is 6.58 Å².